The first kappa shape index (κ1) is 14.5. The molecule has 2 rings (SSSR count). The van der Waals surface area contributed by atoms with Crippen LogP contribution < -0.4 is 0 Å². The summed E-state index contributed by atoms with van der Waals surface area (Å²) in [6.45, 7) is 1.01. The van der Waals surface area contributed by atoms with Crippen molar-refractivity contribution in [3.63, 3.8) is 0 Å². The lowest BCUT2D eigenvalue weighted by atomic mass is 9.93. The van der Waals surface area contributed by atoms with E-state index in [1.807, 2.05) is 12.4 Å². The average Bonchev–Trinajstić information content (AvgIpc) is 2.42. The lowest BCUT2D eigenvalue weighted by Gasteiger charge is -2.33. The normalized spacial score (nSPS) is 25.0. The Bertz CT molecular complexity index is 355. The molecule has 3 heteroatoms. The van der Waals surface area contributed by atoms with Crippen molar-refractivity contribution in [1.82, 2.24) is 9.88 Å². The lowest BCUT2D eigenvalue weighted by molar-refractivity contribution is 0.0447. The summed E-state index contributed by atoms with van der Waals surface area (Å²) in [5.74, 6) is 0. The molecule has 2 unspecified atom stereocenters. The second kappa shape index (κ2) is 7.61. The predicted molar refractivity (Wildman–Crippen MR) is 78.1 cm³/mol. The fourth-order valence-electron chi connectivity index (χ4n) is 2.98. The van der Waals surface area contributed by atoms with Gasteiger partial charge in [-0.1, -0.05) is 25.7 Å². The predicted octanol–water partition coefficient (Wildman–Crippen LogP) is 2.64. The van der Waals surface area contributed by atoms with Crippen LogP contribution in [0.5, 0.6) is 0 Å². The molecule has 1 N–H and O–H groups in total. The SMILES string of the molecule is CN(CCc1ccncc1)C1CCCCCCC1O. The maximum Gasteiger partial charge on any atom is 0.0695 e. The van der Waals surface area contributed by atoms with Gasteiger partial charge in [0.25, 0.3) is 0 Å². The molecule has 0 aliphatic heterocycles. The topological polar surface area (TPSA) is 36.4 Å². The molecule has 3 nitrogen and oxygen atoms in total. The van der Waals surface area contributed by atoms with Crippen molar-refractivity contribution in [2.24, 2.45) is 0 Å². The van der Waals surface area contributed by atoms with E-state index in [-0.39, 0.29) is 6.10 Å². The van der Waals surface area contributed by atoms with Crippen molar-refractivity contribution < 1.29 is 5.11 Å². The molecule has 0 saturated heterocycles. The molecule has 1 aromatic heterocycles. The molecule has 1 aromatic rings. The highest BCUT2D eigenvalue weighted by atomic mass is 16.3. The van der Waals surface area contributed by atoms with Crippen molar-refractivity contribution in [3.8, 4) is 0 Å². The maximum absolute atomic E-state index is 10.3. The van der Waals surface area contributed by atoms with E-state index < -0.39 is 0 Å². The van der Waals surface area contributed by atoms with Gasteiger partial charge in [0.15, 0.2) is 0 Å². The number of pyridine rings is 1. The van der Waals surface area contributed by atoms with Crippen LogP contribution >= 0.6 is 0 Å². The molecule has 19 heavy (non-hydrogen) atoms. The van der Waals surface area contributed by atoms with E-state index in [9.17, 15) is 5.11 Å². The number of rotatable bonds is 4. The summed E-state index contributed by atoms with van der Waals surface area (Å²) >= 11 is 0. The number of likely N-dealkylation sites (N-methyl/N-ethyl adjacent to an activating group) is 1. The van der Waals surface area contributed by atoms with E-state index in [4.69, 9.17) is 0 Å². The van der Waals surface area contributed by atoms with Crippen molar-refractivity contribution in [1.29, 1.82) is 0 Å². The van der Waals surface area contributed by atoms with E-state index in [0.29, 0.717) is 6.04 Å². The van der Waals surface area contributed by atoms with Gasteiger partial charge in [-0.3, -0.25) is 4.98 Å². The third-order valence-corrected chi connectivity index (χ3v) is 4.26. The minimum atomic E-state index is -0.150. The summed E-state index contributed by atoms with van der Waals surface area (Å²) in [6.07, 6.45) is 11.7. The lowest BCUT2D eigenvalue weighted by Crippen LogP contribution is -2.42. The largest absolute Gasteiger partial charge is 0.391 e. The van der Waals surface area contributed by atoms with Gasteiger partial charge in [0.1, 0.15) is 0 Å². The molecule has 0 radical (unpaired) electrons. The highest BCUT2D eigenvalue weighted by Crippen LogP contribution is 2.21. The van der Waals surface area contributed by atoms with Crippen LogP contribution in [0.2, 0.25) is 0 Å². The second-order valence-corrected chi connectivity index (χ2v) is 5.71. The highest BCUT2D eigenvalue weighted by molar-refractivity contribution is 5.09. The summed E-state index contributed by atoms with van der Waals surface area (Å²) in [4.78, 5) is 6.39. The Hall–Kier alpha value is -0.930. The second-order valence-electron chi connectivity index (χ2n) is 5.71. The first-order valence-electron chi connectivity index (χ1n) is 7.54. The van der Waals surface area contributed by atoms with Gasteiger partial charge in [-0.25, -0.2) is 0 Å². The third kappa shape index (κ3) is 4.59. The Balaban J connectivity index is 1.84. The summed E-state index contributed by atoms with van der Waals surface area (Å²) < 4.78 is 0. The zero-order valence-electron chi connectivity index (χ0n) is 12.0. The molecule has 1 aliphatic rings. The number of aliphatic hydroxyl groups excluding tert-OH is 1. The molecular formula is C16H26N2O. The molecular weight excluding hydrogens is 236 g/mol. The fraction of sp³-hybridized carbons (Fsp3) is 0.688. The number of aromatic nitrogens is 1. The van der Waals surface area contributed by atoms with E-state index >= 15 is 0 Å². The molecule has 1 fully saturated rings. The third-order valence-electron chi connectivity index (χ3n) is 4.26. The molecule has 2 atom stereocenters. The van der Waals surface area contributed by atoms with E-state index in [1.165, 1.54) is 31.2 Å². The highest BCUT2D eigenvalue weighted by Gasteiger charge is 2.23. The molecule has 1 aliphatic carbocycles. The Morgan fingerprint density at radius 1 is 1.16 bits per heavy atom. The molecule has 106 valence electrons. The minimum Gasteiger partial charge on any atom is -0.391 e. The summed E-state index contributed by atoms with van der Waals surface area (Å²) in [5, 5.41) is 10.3. The monoisotopic (exact) mass is 262 g/mol. The van der Waals surface area contributed by atoms with Gasteiger partial charge in [0.05, 0.1) is 6.10 Å². The molecule has 0 bridgehead atoms. The first-order chi connectivity index (χ1) is 9.27. The van der Waals surface area contributed by atoms with Crippen LogP contribution in [-0.4, -0.2) is 40.7 Å². The summed E-state index contributed by atoms with van der Waals surface area (Å²) in [7, 11) is 2.15. The summed E-state index contributed by atoms with van der Waals surface area (Å²) in [6, 6.07) is 4.48. The van der Waals surface area contributed by atoms with Gasteiger partial charge < -0.3 is 10.0 Å². The van der Waals surface area contributed by atoms with Crippen LogP contribution in [0.15, 0.2) is 24.5 Å². The molecule has 1 heterocycles. The maximum atomic E-state index is 10.3. The van der Waals surface area contributed by atoms with Crippen molar-refractivity contribution in [2.45, 2.75) is 57.1 Å². The van der Waals surface area contributed by atoms with Gasteiger partial charge >= 0.3 is 0 Å². The van der Waals surface area contributed by atoms with Gasteiger partial charge in [-0.2, -0.15) is 0 Å². The fourth-order valence-corrected chi connectivity index (χ4v) is 2.98. The average molecular weight is 262 g/mol. The quantitative estimate of drug-likeness (QED) is 0.906. The van der Waals surface area contributed by atoms with Crippen LogP contribution in [0.3, 0.4) is 0 Å². The minimum absolute atomic E-state index is 0.150. The Morgan fingerprint density at radius 3 is 2.58 bits per heavy atom. The number of hydrogen-bond acceptors (Lipinski definition) is 3. The van der Waals surface area contributed by atoms with Crippen LogP contribution in [-0.2, 0) is 6.42 Å². The Kier molecular flexibility index (Phi) is 5.80. The molecule has 0 spiro atoms. The Labute approximate surface area is 116 Å². The van der Waals surface area contributed by atoms with E-state index in [0.717, 1.165) is 25.8 Å². The van der Waals surface area contributed by atoms with Gasteiger partial charge in [-0.15, -0.1) is 0 Å². The van der Waals surface area contributed by atoms with Gasteiger partial charge in [0, 0.05) is 25.0 Å². The first-order valence-corrected chi connectivity index (χ1v) is 7.54. The standard InChI is InChI=1S/C16H26N2O/c1-18(13-10-14-8-11-17-12-9-14)15-6-4-2-3-5-7-16(15)19/h8-9,11-12,15-16,19H,2-7,10,13H2,1H3. The van der Waals surface area contributed by atoms with Crippen molar-refractivity contribution in [3.05, 3.63) is 30.1 Å². The molecule has 0 aromatic carbocycles. The van der Waals surface area contributed by atoms with Crippen LogP contribution in [0, 0.1) is 0 Å². The molecule has 0 amide bonds. The van der Waals surface area contributed by atoms with Gasteiger partial charge in [-0.05, 0) is 44.0 Å². The Morgan fingerprint density at radius 2 is 1.84 bits per heavy atom. The number of hydrogen-bond donors (Lipinski definition) is 1. The zero-order chi connectivity index (χ0) is 13.5. The van der Waals surface area contributed by atoms with E-state index in [1.54, 1.807) is 0 Å². The summed E-state index contributed by atoms with van der Waals surface area (Å²) in [5.41, 5.74) is 1.32. The van der Waals surface area contributed by atoms with Crippen LogP contribution in [0.1, 0.15) is 44.1 Å². The number of aliphatic hydroxyl groups is 1. The van der Waals surface area contributed by atoms with Crippen LogP contribution in [0.25, 0.3) is 0 Å². The zero-order valence-corrected chi connectivity index (χ0v) is 12.0. The smallest absolute Gasteiger partial charge is 0.0695 e. The van der Waals surface area contributed by atoms with E-state index in [2.05, 4.69) is 29.1 Å². The van der Waals surface area contributed by atoms with Crippen LogP contribution in [0.4, 0.5) is 0 Å². The van der Waals surface area contributed by atoms with Gasteiger partial charge in [0.2, 0.25) is 0 Å². The molecule has 1 saturated carbocycles. The van der Waals surface area contributed by atoms with Crippen molar-refractivity contribution in [2.75, 3.05) is 13.6 Å². The van der Waals surface area contributed by atoms with Crippen molar-refractivity contribution >= 4 is 0 Å². The number of nitrogens with zero attached hydrogens (tertiary/aromatic N) is 2.